The summed E-state index contributed by atoms with van der Waals surface area (Å²) >= 11 is 5.59. The van der Waals surface area contributed by atoms with E-state index in [9.17, 15) is 14.0 Å². The highest BCUT2D eigenvalue weighted by Crippen LogP contribution is 2.21. The van der Waals surface area contributed by atoms with E-state index in [0.29, 0.717) is 18.6 Å². The average molecular weight is 370 g/mol. The molecule has 0 aliphatic carbocycles. The number of piperidine rings is 1. The maximum absolute atomic E-state index is 13.4. The molecule has 1 aromatic rings. The molecule has 1 atom stereocenters. The number of halogens is 2. The van der Waals surface area contributed by atoms with Gasteiger partial charge in [-0.25, -0.2) is 4.39 Å². The number of anilines is 1. The Morgan fingerprint density at radius 2 is 2.08 bits per heavy atom. The van der Waals surface area contributed by atoms with Crippen LogP contribution in [0.2, 0.25) is 5.02 Å². The van der Waals surface area contributed by atoms with Crippen LogP contribution in [0.15, 0.2) is 18.2 Å². The third-order valence-corrected chi connectivity index (χ3v) is 4.79. The van der Waals surface area contributed by atoms with Crippen molar-refractivity contribution in [2.75, 3.05) is 18.4 Å². The van der Waals surface area contributed by atoms with Gasteiger partial charge in [0.25, 0.3) is 0 Å². The molecule has 1 aliphatic heterocycles. The second-order valence-electron chi connectivity index (χ2n) is 6.61. The Morgan fingerprint density at radius 1 is 1.32 bits per heavy atom. The Kier molecular flexibility index (Phi) is 7.20. The van der Waals surface area contributed by atoms with Gasteiger partial charge in [0.15, 0.2) is 0 Å². The number of hydrogen-bond donors (Lipinski definition) is 2. The van der Waals surface area contributed by atoms with Crippen LogP contribution in [-0.4, -0.2) is 41.9 Å². The Morgan fingerprint density at radius 3 is 2.76 bits per heavy atom. The van der Waals surface area contributed by atoms with Crippen molar-refractivity contribution in [2.24, 2.45) is 0 Å². The summed E-state index contributed by atoms with van der Waals surface area (Å²) in [5.41, 5.74) is 0.195. The summed E-state index contributed by atoms with van der Waals surface area (Å²) in [5, 5.41) is 4.97. The van der Waals surface area contributed by atoms with Crippen LogP contribution < -0.4 is 10.6 Å². The number of hydrogen-bond acceptors (Lipinski definition) is 3. The molecule has 0 radical (unpaired) electrons. The minimum absolute atomic E-state index is 0.0374. The molecule has 7 heteroatoms. The maximum atomic E-state index is 13.4. The number of carbonyl (C=O) groups excluding carboxylic acids is 2. The first-order valence-corrected chi connectivity index (χ1v) is 9.06. The highest BCUT2D eigenvalue weighted by atomic mass is 35.5. The minimum Gasteiger partial charge on any atom is -0.348 e. The van der Waals surface area contributed by atoms with Gasteiger partial charge in [0.2, 0.25) is 0 Å². The van der Waals surface area contributed by atoms with Crippen LogP contribution in [-0.2, 0) is 9.59 Å². The van der Waals surface area contributed by atoms with Crippen molar-refractivity contribution in [3.63, 3.8) is 0 Å². The highest BCUT2D eigenvalue weighted by molar-refractivity contribution is 6.39. The molecule has 5 nitrogen and oxygen atoms in total. The van der Waals surface area contributed by atoms with Crippen molar-refractivity contribution < 1.29 is 14.0 Å². The van der Waals surface area contributed by atoms with Gasteiger partial charge < -0.3 is 10.6 Å². The zero-order valence-electron chi connectivity index (χ0n) is 14.6. The number of carbonyl (C=O) groups is 2. The molecule has 1 saturated heterocycles. The molecule has 0 saturated carbocycles. The van der Waals surface area contributed by atoms with Gasteiger partial charge in [0.1, 0.15) is 5.82 Å². The number of nitrogens with one attached hydrogen (secondary N) is 2. The van der Waals surface area contributed by atoms with E-state index in [1.54, 1.807) is 0 Å². The fourth-order valence-electron chi connectivity index (χ4n) is 3.21. The SMILES string of the molecule is CC(C)N1CCCCC1CCNC(=O)C(=O)Nc1ccc(Cl)c(F)c1. The Labute approximate surface area is 152 Å². The van der Waals surface area contributed by atoms with E-state index in [1.165, 1.54) is 25.0 Å². The molecular formula is C18H25ClFN3O2. The summed E-state index contributed by atoms with van der Waals surface area (Å²) in [7, 11) is 0. The van der Waals surface area contributed by atoms with E-state index in [1.807, 2.05) is 0 Å². The third kappa shape index (κ3) is 5.68. The highest BCUT2D eigenvalue weighted by Gasteiger charge is 2.24. The quantitative estimate of drug-likeness (QED) is 0.783. The molecule has 1 aliphatic rings. The van der Waals surface area contributed by atoms with Gasteiger partial charge in [-0.1, -0.05) is 18.0 Å². The summed E-state index contributed by atoms with van der Waals surface area (Å²) in [6, 6.07) is 4.76. The van der Waals surface area contributed by atoms with Gasteiger partial charge in [-0.15, -0.1) is 0 Å². The largest absolute Gasteiger partial charge is 0.348 e. The molecule has 2 rings (SSSR count). The molecule has 2 N–H and O–H groups in total. The lowest BCUT2D eigenvalue weighted by atomic mass is 9.98. The molecule has 25 heavy (non-hydrogen) atoms. The van der Waals surface area contributed by atoms with Gasteiger partial charge in [-0.2, -0.15) is 0 Å². The Bertz CT molecular complexity index is 624. The first-order chi connectivity index (χ1) is 11.9. The first-order valence-electron chi connectivity index (χ1n) is 8.68. The Balaban J connectivity index is 1.79. The average Bonchev–Trinajstić information content (AvgIpc) is 2.58. The lowest BCUT2D eigenvalue weighted by Crippen LogP contribution is -2.46. The first kappa shape index (κ1) is 19.7. The smallest absolute Gasteiger partial charge is 0.313 e. The summed E-state index contributed by atoms with van der Waals surface area (Å²) in [6.07, 6.45) is 4.34. The van der Waals surface area contributed by atoms with E-state index in [2.05, 4.69) is 29.4 Å². The molecule has 1 unspecified atom stereocenters. The van der Waals surface area contributed by atoms with Crippen molar-refractivity contribution in [1.29, 1.82) is 0 Å². The van der Waals surface area contributed by atoms with E-state index in [4.69, 9.17) is 11.6 Å². The van der Waals surface area contributed by atoms with E-state index in [-0.39, 0.29) is 10.7 Å². The second kappa shape index (κ2) is 9.15. The molecule has 0 aromatic heterocycles. The molecule has 1 heterocycles. The summed E-state index contributed by atoms with van der Waals surface area (Å²) in [5.74, 6) is -2.18. The van der Waals surface area contributed by atoms with Gasteiger partial charge >= 0.3 is 11.8 Å². The van der Waals surface area contributed by atoms with Gasteiger partial charge in [0.05, 0.1) is 5.02 Å². The van der Waals surface area contributed by atoms with Crippen LogP contribution in [0.3, 0.4) is 0 Å². The van der Waals surface area contributed by atoms with Gasteiger partial charge in [-0.3, -0.25) is 14.5 Å². The van der Waals surface area contributed by atoms with Crippen molar-refractivity contribution in [3.05, 3.63) is 29.0 Å². The molecule has 1 fully saturated rings. The van der Waals surface area contributed by atoms with Crippen molar-refractivity contribution in [3.8, 4) is 0 Å². The fourth-order valence-corrected chi connectivity index (χ4v) is 3.32. The number of likely N-dealkylation sites (tertiary alicyclic amines) is 1. The van der Waals surface area contributed by atoms with Gasteiger partial charge in [-0.05, 0) is 57.9 Å². The summed E-state index contributed by atoms with van der Waals surface area (Å²) in [6.45, 7) is 5.87. The van der Waals surface area contributed by atoms with Crippen molar-refractivity contribution in [1.82, 2.24) is 10.2 Å². The molecular weight excluding hydrogens is 345 g/mol. The number of benzene rings is 1. The van der Waals surface area contributed by atoms with Crippen LogP contribution in [0.1, 0.15) is 39.5 Å². The zero-order valence-corrected chi connectivity index (χ0v) is 15.4. The van der Waals surface area contributed by atoms with Crippen LogP contribution in [0.4, 0.5) is 10.1 Å². The number of nitrogens with zero attached hydrogens (tertiary/aromatic N) is 1. The van der Waals surface area contributed by atoms with E-state index in [0.717, 1.165) is 25.5 Å². The van der Waals surface area contributed by atoms with E-state index >= 15 is 0 Å². The topological polar surface area (TPSA) is 61.4 Å². The normalized spacial score (nSPS) is 18.2. The van der Waals surface area contributed by atoms with Crippen LogP contribution >= 0.6 is 11.6 Å². The lowest BCUT2D eigenvalue weighted by Gasteiger charge is -2.38. The molecule has 1 aromatic carbocycles. The van der Waals surface area contributed by atoms with E-state index < -0.39 is 17.6 Å². The summed E-state index contributed by atoms with van der Waals surface area (Å²) < 4.78 is 13.4. The van der Waals surface area contributed by atoms with Crippen molar-refractivity contribution >= 4 is 29.1 Å². The second-order valence-corrected chi connectivity index (χ2v) is 7.02. The lowest BCUT2D eigenvalue weighted by molar-refractivity contribution is -0.136. The van der Waals surface area contributed by atoms with Crippen LogP contribution in [0, 0.1) is 5.82 Å². The molecule has 138 valence electrons. The third-order valence-electron chi connectivity index (χ3n) is 4.48. The van der Waals surface area contributed by atoms with Gasteiger partial charge in [0, 0.05) is 24.3 Å². The zero-order chi connectivity index (χ0) is 18.4. The molecule has 2 amide bonds. The van der Waals surface area contributed by atoms with Crippen LogP contribution in [0.25, 0.3) is 0 Å². The monoisotopic (exact) mass is 369 g/mol. The maximum Gasteiger partial charge on any atom is 0.313 e. The molecule has 0 spiro atoms. The van der Waals surface area contributed by atoms with Crippen molar-refractivity contribution in [2.45, 2.75) is 51.6 Å². The Hall–Kier alpha value is -1.66. The fraction of sp³-hybridized carbons (Fsp3) is 0.556. The predicted molar refractivity (Wildman–Crippen MR) is 97.1 cm³/mol. The minimum atomic E-state index is -0.814. The predicted octanol–water partition coefficient (Wildman–Crippen LogP) is 3.19. The molecule has 0 bridgehead atoms. The number of rotatable bonds is 5. The van der Waals surface area contributed by atoms with Crippen LogP contribution in [0.5, 0.6) is 0 Å². The number of amides is 2. The summed E-state index contributed by atoms with van der Waals surface area (Å²) in [4.78, 5) is 26.2. The standard InChI is InChI=1S/C18H25ClFN3O2/c1-12(2)23-10-4-3-5-14(23)8-9-21-17(24)18(25)22-13-6-7-15(19)16(20)11-13/h6-7,11-12,14H,3-5,8-10H2,1-2H3,(H,21,24)(H,22,25).